The largest absolute Gasteiger partial charge is 0.497 e. The first-order valence-electron chi connectivity index (χ1n) is 8.19. The summed E-state index contributed by atoms with van der Waals surface area (Å²) in [6.45, 7) is 5.57. The summed E-state index contributed by atoms with van der Waals surface area (Å²) in [4.78, 5) is 16.2. The van der Waals surface area contributed by atoms with Crippen LogP contribution in [0, 0.1) is 5.92 Å². The number of carbonyl (C=O) groups excluding carboxylic acids is 1. The molecule has 0 atom stereocenters. The number of methoxy groups -OCH3 is 1. The van der Waals surface area contributed by atoms with Crippen LogP contribution in [0.2, 0.25) is 0 Å². The first-order chi connectivity index (χ1) is 11.6. The number of nitrogens with one attached hydrogen (secondary N) is 2. The Morgan fingerprint density at radius 1 is 1.17 bits per heavy atom. The molecule has 1 amide bonds. The van der Waals surface area contributed by atoms with Crippen molar-refractivity contribution in [1.29, 1.82) is 0 Å². The Hall–Kier alpha value is -2.56. The monoisotopic (exact) mass is 327 g/mol. The molecule has 0 aliphatic heterocycles. The number of ether oxygens (including phenoxy) is 1. The molecular weight excluding hydrogens is 302 g/mol. The van der Waals surface area contributed by atoms with Crippen LogP contribution in [-0.2, 0) is 6.42 Å². The normalized spacial score (nSPS) is 10.5. The van der Waals surface area contributed by atoms with Crippen LogP contribution in [-0.4, -0.2) is 31.1 Å². The third-order valence-electron chi connectivity index (χ3n) is 3.58. The lowest BCUT2D eigenvalue weighted by molar-refractivity contribution is 0.0948. The predicted molar refractivity (Wildman–Crippen MR) is 96.6 cm³/mol. The number of aromatic nitrogens is 1. The topological polar surface area (TPSA) is 63.2 Å². The minimum Gasteiger partial charge on any atom is -0.497 e. The minimum atomic E-state index is -0.0824. The van der Waals surface area contributed by atoms with Gasteiger partial charge < -0.3 is 15.4 Å². The fourth-order valence-electron chi connectivity index (χ4n) is 2.16. The Labute approximate surface area is 143 Å². The molecule has 128 valence electrons. The van der Waals surface area contributed by atoms with Crippen LogP contribution in [0.1, 0.15) is 29.8 Å². The molecule has 5 nitrogen and oxygen atoms in total. The van der Waals surface area contributed by atoms with Gasteiger partial charge in [0.25, 0.3) is 5.91 Å². The summed E-state index contributed by atoms with van der Waals surface area (Å²) in [5, 5.41) is 6.15. The molecule has 0 aliphatic rings. The van der Waals surface area contributed by atoms with E-state index in [-0.39, 0.29) is 5.91 Å². The lowest BCUT2D eigenvalue weighted by atomic mass is 10.1. The van der Waals surface area contributed by atoms with Gasteiger partial charge in [0.15, 0.2) is 0 Å². The van der Waals surface area contributed by atoms with Crippen molar-refractivity contribution in [1.82, 2.24) is 10.3 Å². The molecule has 1 aromatic heterocycles. The van der Waals surface area contributed by atoms with Crippen LogP contribution < -0.4 is 15.4 Å². The fourth-order valence-corrected chi connectivity index (χ4v) is 2.16. The molecule has 24 heavy (non-hydrogen) atoms. The third-order valence-corrected chi connectivity index (χ3v) is 3.58. The van der Waals surface area contributed by atoms with Crippen molar-refractivity contribution >= 4 is 11.7 Å². The van der Waals surface area contributed by atoms with E-state index in [4.69, 9.17) is 4.74 Å². The quantitative estimate of drug-likeness (QED) is 0.782. The molecular formula is C19H25N3O2. The summed E-state index contributed by atoms with van der Waals surface area (Å²) in [5.41, 5.74) is 1.81. The number of hydrogen-bond acceptors (Lipinski definition) is 4. The zero-order valence-corrected chi connectivity index (χ0v) is 14.5. The summed E-state index contributed by atoms with van der Waals surface area (Å²) >= 11 is 0. The number of carbonyl (C=O) groups is 1. The van der Waals surface area contributed by atoms with Crippen LogP contribution in [0.25, 0.3) is 0 Å². The van der Waals surface area contributed by atoms with Crippen molar-refractivity contribution in [3.63, 3.8) is 0 Å². The maximum absolute atomic E-state index is 11.9. The lowest BCUT2D eigenvalue weighted by Crippen LogP contribution is -2.27. The highest BCUT2D eigenvalue weighted by Crippen LogP contribution is 2.12. The van der Waals surface area contributed by atoms with E-state index in [9.17, 15) is 4.79 Å². The molecule has 0 spiro atoms. The lowest BCUT2D eigenvalue weighted by Gasteiger charge is -2.09. The highest BCUT2D eigenvalue weighted by atomic mass is 16.5. The number of nitrogens with zero attached hydrogens (tertiary/aromatic N) is 1. The van der Waals surface area contributed by atoms with Gasteiger partial charge >= 0.3 is 0 Å². The number of benzene rings is 1. The van der Waals surface area contributed by atoms with Crippen LogP contribution in [0.4, 0.5) is 5.82 Å². The average molecular weight is 327 g/mol. The van der Waals surface area contributed by atoms with Gasteiger partial charge in [0.05, 0.1) is 12.7 Å². The van der Waals surface area contributed by atoms with Crippen molar-refractivity contribution in [3.8, 4) is 5.75 Å². The Balaban J connectivity index is 1.79. The van der Waals surface area contributed by atoms with Crippen LogP contribution >= 0.6 is 0 Å². The Bertz CT molecular complexity index is 637. The van der Waals surface area contributed by atoms with Crippen LogP contribution in [0.3, 0.4) is 0 Å². The van der Waals surface area contributed by atoms with Crippen LogP contribution in [0.5, 0.6) is 5.75 Å². The summed E-state index contributed by atoms with van der Waals surface area (Å²) < 4.78 is 5.15. The maximum Gasteiger partial charge on any atom is 0.252 e. The average Bonchev–Trinajstić information content (AvgIpc) is 2.61. The third kappa shape index (κ3) is 5.57. The van der Waals surface area contributed by atoms with Gasteiger partial charge in [-0.2, -0.15) is 0 Å². The molecule has 0 saturated heterocycles. The first kappa shape index (κ1) is 17.8. The maximum atomic E-state index is 11.9. The van der Waals surface area contributed by atoms with E-state index in [1.807, 2.05) is 18.2 Å². The van der Waals surface area contributed by atoms with E-state index in [0.29, 0.717) is 18.0 Å². The van der Waals surface area contributed by atoms with Crippen molar-refractivity contribution in [2.75, 3.05) is 25.5 Å². The molecule has 1 heterocycles. The minimum absolute atomic E-state index is 0.0824. The first-order valence-corrected chi connectivity index (χ1v) is 8.19. The Kier molecular flexibility index (Phi) is 6.61. The van der Waals surface area contributed by atoms with E-state index < -0.39 is 0 Å². The summed E-state index contributed by atoms with van der Waals surface area (Å²) in [6.07, 6.45) is 2.49. The van der Waals surface area contributed by atoms with Gasteiger partial charge in [-0.25, -0.2) is 4.98 Å². The number of pyridine rings is 1. The highest BCUT2D eigenvalue weighted by molar-refractivity contribution is 5.94. The number of hydrogen-bond donors (Lipinski definition) is 2. The molecule has 0 fully saturated rings. The Morgan fingerprint density at radius 3 is 2.50 bits per heavy atom. The second-order valence-corrected chi connectivity index (χ2v) is 6.06. The van der Waals surface area contributed by atoms with E-state index in [1.165, 1.54) is 5.56 Å². The van der Waals surface area contributed by atoms with Crippen molar-refractivity contribution in [2.45, 2.75) is 20.3 Å². The summed E-state index contributed by atoms with van der Waals surface area (Å²) in [7, 11) is 1.66. The molecule has 0 aliphatic carbocycles. The molecule has 2 aromatic rings. The molecule has 0 radical (unpaired) electrons. The van der Waals surface area contributed by atoms with E-state index in [2.05, 4.69) is 41.6 Å². The van der Waals surface area contributed by atoms with E-state index >= 15 is 0 Å². The standard InChI is InChI=1S/C19H25N3O2/c1-14(2)12-22-19(23)16-6-9-18(21-13-16)20-11-10-15-4-7-17(24-3)8-5-15/h4-9,13-14H,10-12H2,1-3H3,(H,20,21)(H,22,23). The number of anilines is 1. The molecule has 0 saturated carbocycles. The van der Waals surface area contributed by atoms with Crippen LogP contribution in [0.15, 0.2) is 42.6 Å². The van der Waals surface area contributed by atoms with E-state index in [0.717, 1.165) is 24.5 Å². The summed E-state index contributed by atoms with van der Waals surface area (Å²) in [5.74, 6) is 1.98. The molecule has 2 N–H and O–H groups in total. The van der Waals surface area contributed by atoms with E-state index in [1.54, 1.807) is 19.4 Å². The van der Waals surface area contributed by atoms with Gasteiger partial charge in [0.2, 0.25) is 0 Å². The van der Waals surface area contributed by atoms with Gasteiger partial charge in [-0.05, 0) is 42.2 Å². The zero-order valence-electron chi connectivity index (χ0n) is 14.5. The smallest absolute Gasteiger partial charge is 0.252 e. The highest BCUT2D eigenvalue weighted by Gasteiger charge is 2.06. The van der Waals surface area contributed by atoms with Gasteiger partial charge in [-0.3, -0.25) is 4.79 Å². The van der Waals surface area contributed by atoms with Gasteiger partial charge in [-0.15, -0.1) is 0 Å². The van der Waals surface area contributed by atoms with Gasteiger partial charge in [0, 0.05) is 19.3 Å². The van der Waals surface area contributed by atoms with Crippen molar-refractivity contribution in [3.05, 3.63) is 53.7 Å². The van der Waals surface area contributed by atoms with Gasteiger partial charge in [-0.1, -0.05) is 26.0 Å². The second kappa shape index (κ2) is 8.91. The number of rotatable bonds is 8. The second-order valence-electron chi connectivity index (χ2n) is 6.06. The van der Waals surface area contributed by atoms with Crippen molar-refractivity contribution < 1.29 is 9.53 Å². The van der Waals surface area contributed by atoms with Gasteiger partial charge in [0.1, 0.15) is 11.6 Å². The molecule has 2 rings (SSSR count). The molecule has 0 unspecified atom stereocenters. The SMILES string of the molecule is COc1ccc(CCNc2ccc(C(=O)NCC(C)C)cn2)cc1. The molecule has 0 bridgehead atoms. The fraction of sp³-hybridized carbons (Fsp3) is 0.368. The predicted octanol–water partition coefficient (Wildman–Crippen LogP) is 3.13. The molecule has 5 heteroatoms. The number of amides is 1. The van der Waals surface area contributed by atoms with Crippen molar-refractivity contribution in [2.24, 2.45) is 5.92 Å². The summed E-state index contributed by atoms with van der Waals surface area (Å²) in [6, 6.07) is 11.6. The Morgan fingerprint density at radius 2 is 1.92 bits per heavy atom. The molecule has 1 aromatic carbocycles. The zero-order chi connectivity index (χ0) is 17.4.